The number of amides is 1. The number of fused-ring (bicyclic) bond motifs is 2. The lowest BCUT2D eigenvalue weighted by Gasteiger charge is -2.18. The van der Waals surface area contributed by atoms with Crippen LogP contribution in [0.5, 0.6) is 0 Å². The van der Waals surface area contributed by atoms with Crippen molar-refractivity contribution in [1.82, 2.24) is 19.8 Å². The van der Waals surface area contributed by atoms with Crippen molar-refractivity contribution in [3.05, 3.63) is 54.4 Å². The Morgan fingerprint density at radius 3 is 2.46 bits per heavy atom. The van der Waals surface area contributed by atoms with Gasteiger partial charge in [0.25, 0.3) is 5.91 Å². The molecule has 3 aromatic rings. The van der Waals surface area contributed by atoms with Crippen molar-refractivity contribution in [3.8, 4) is 11.1 Å². The predicted octanol–water partition coefficient (Wildman–Crippen LogP) is 2.86. The van der Waals surface area contributed by atoms with E-state index in [0.29, 0.717) is 17.7 Å². The first-order valence-electron chi connectivity index (χ1n) is 9.20. The highest BCUT2D eigenvalue weighted by Gasteiger charge is 2.41. The SMILES string of the molecule is CN1C[C@@H]2CN(C(=O)c3nc4cc(-c5ccccc5)ccc4[nH]3)C[C@@H]2C1. The molecule has 1 amide bonds. The molecule has 2 saturated heterocycles. The number of nitrogens with one attached hydrogen (secondary N) is 1. The first kappa shape index (κ1) is 15.6. The molecule has 2 aliphatic heterocycles. The number of aromatic nitrogens is 2. The fourth-order valence-electron chi connectivity index (χ4n) is 4.46. The summed E-state index contributed by atoms with van der Waals surface area (Å²) in [7, 11) is 2.16. The van der Waals surface area contributed by atoms with Gasteiger partial charge in [-0.2, -0.15) is 0 Å². The number of H-pyrrole nitrogens is 1. The summed E-state index contributed by atoms with van der Waals surface area (Å²) in [4.78, 5) is 25.0. The second-order valence-electron chi connectivity index (χ2n) is 7.63. The summed E-state index contributed by atoms with van der Waals surface area (Å²) in [5, 5.41) is 0. The predicted molar refractivity (Wildman–Crippen MR) is 102 cm³/mol. The molecular weight excluding hydrogens is 324 g/mol. The van der Waals surface area contributed by atoms with Crippen LogP contribution >= 0.6 is 0 Å². The lowest BCUT2D eigenvalue weighted by atomic mass is 10.0. The summed E-state index contributed by atoms with van der Waals surface area (Å²) in [6.07, 6.45) is 0. The quantitative estimate of drug-likeness (QED) is 0.776. The second kappa shape index (κ2) is 5.95. The Kier molecular flexibility index (Phi) is 3.57. The maximum Gasteiger partial charge on any atom is 0.289 e. The second-order valence-corrected chi connectivity index (χ2v) is 7.63. The van der Waals surface area contributed by atoms with Gasteiger partial charge in [0.1, 0.15) is 0 Å². The summed E-state index contributed by atoms with van der Waals surface area (Å²) >= 11 is 0. The third kappa shape index (κ3) is 2.59. The zero-order chi connectivity index (χ0) is 17.7. The molecule has 5 heteroatoms. The molecule has 3 heterocycles. The van der Waals surface area contributed by atoms with E-state index in [4.69, 9.17) is 0 Å². The molecule has 5 nitrogen and oxygen atoms in total. The van der Waals surface area contributed by atoms with Crippen LogP contribution in [0.3, 0.4) is 0 Å². The molecule has 2 atom stereocenters. The van der Waals surface area contributed by atoms with Crippen LogP contribution in [0.4, 0.5) is 0 Å². The minimum absolute atomic E-state index is 0.0273. The number of likely N-dealkylation sites (tertiary alicyclic amines) is 2. The molecule has 2 fully saturated rings. The van der Waals surface area contributed by atoms with Gasteiger partial charge in [-0.3, -0.25) is 4.79 Å². The number of benzene rings is 2. The van der Waals surface area contributed by atoms with E-state index in [2.05, 4.69) is 40.1 Å². The number of imidazole rings is 1. The fourth-order valence-corrected chi connectivity index (χ4v) is 4.46. The molecule has 132 valence electrons. The van der Waals surface area contributed by atoms with E-state index in [0.717, 1.165) is 48.3 Å². The van der Waals surface area contributed by atoms with E-state index in [9.17, 15) is 4.79 Å². The van der Waals surface area contributed by atoms with E-state index in [-0.39, 0.29) is 5.91 Å². The maximum absolute atomic E-state index is 12.9. The summed E-state index contributed by atoms with van der Waals surface area (Å²) in [5.74, 6) is 1.70. The highest BCUT2D eigenvalue weighted by atomic mass is 16.2. The molecule has 0 bridgehead atoms. The fraction of sp³-hybridized carbons (Fsp3) is 0.333. The van der Waals surface area contributed by atoms with Crippen LogP contribution in [-0.2, 0) is 0 Å². The van der Waals surface area contributed by atoms with E-state index in [1.807, 2.05) is 35.2 Å². The van der Waals surface area contributed by atoms with Crippen LogP contribution in [0.25, 0.3) is 22.2 Å². The number of nitrogens with zero attached hydrogens (tertiary/aromatic N) is 3. The van der Waals surface area contributed by atoms with E-state index >= 15 is 0 Å². The Morgan fingerprint density at radius 1 is 1.00 bits per heavy atom. The minimum Gasteiger partial charge on any atom is -0.335 e. The van der Waals surface area contributed by atoms with E-state index in [1.54, 1.807) is 0 Å². The van der Waals surface area contributed by atoms with Crippen molar-refractivity contribution >= 4 is 16.9 Å². The van der Waals surface area contributed by atoms with Crippen LogP contribution in [0.1, 0.15) is 10.6 Å². The first-order chi connectivity index (χ1) is 12.7. The standard InChI is InChI=1S/C21H22N4O/c1-24-10-16-12-25(13-17(16)11-24)21(26)20-22-18-8-7-15(9-19(18)23-20)14-5-3-2-4-6-14/h2-9,16-17H,10-13H2,1H3,(H,22,23)/t16-,17+. The Morgan fingerprint density at radius 2 is 1.73 bits per heavy atom. The van der Waals surface area contributed by atoms with Gasteiger partial charge in [-0.25, -0.2) is 4.98 Å². The van der Waals surface area contributed by atoms with Crippen molar-refractivity contribution in [3.63, 3.8) is 0 Å². The normalized spacial score (nSPS) is 22.9. The highest BCUT2D eigenvalue weighted by Crippen LogP contribution is 2.31. The molecule has 0 aliphatic carbocycles. The molecule has 26 heavy (non-hydrogen) atoms. The Balaban J connectivity index is 1.40. The molecule has 2 aromatic carbocycles. The summed E-state index contributed by atoms with van der Waals surface area (Å²) in [6, 6.07) is 16.4. The van der Waals surface area contributed by atoms with Gasteiger partial charge in [0.15, 0.2) is 5.82 Å². The zero-order valence-corrected chi connectivity index (χ0v) is 14.9. The number of rotatable bonds is 2. The molecule has 0 unspecified atom stereocenters. The number of hydrogen-bond acceptors (Lipinski definition) is 3. The van der Waals surface area contributed by atoms with Crippen molar-refractivity contribution in [2.24, 2.45) is 11.8 Å². The molecule has 0 saturated carbocycles. The van der Waals surface area contributed by atoms with Gasteiger partial charge in [0.05, 0.1) is 11.0 Å². The molecule has 2 aliphatic rings. The van der Waals surface area contributed by atoms with Crippen molar-refractivity contribution in [2.75, 3.05) is 33.2 Å². The first-order valence-corrected chi connectivity index (χ1v) is 9.20. The zero-order valence-electron chi connectivity index (χ0n) is 14.9. The van der Waals surface area contributed by atoms with Gasteiger partial charge >= 0.3 is 0 Å². The lowest BCUT2D eigenvalue weighted by Crippen LogP contribution is -2.32. The van der Waals surface area contributed by atoms with Crippen LogP contribution in [0.15, 0.2) is 48.5 Å². The smallest absolute Gasteiger partial charge is 0.289 e. The Labute approximate surface area is 152 Å². The number of carbonyl (C=O) groups excluding carboxylic acids is 1. The molecule has 0 spiro atoms. The van der Waals surface area contributed by atoms with Crippen LogP contribution in [-0.4, -0.2) is 58.9 Å². The van der Waals surface area contributed by atoms with Crippen LogP contribution in [0.2, 0.25) is 0 Å². The topological polar surface area (TPSA) is 52.2 Å². The lowest BCUT2D eigenvalue weighted by molar-refractivity contribution is 0.0765. The molecule has 0 radical (unpaired) electrons. The average molecular weight is 346 g/mol. The van der Waals surface area contributed by atoms with Gasteiger partial charge in [-0.05, 0) is 42.1 Å². The number of hydrogen-bond donors (Lipinski definition) is 1. The van der Waals surface area contributed by atoms with E-state index < -0.39 is 0 Å². The van der Waals surface area contributed by atoms with E-state index in [1.165, 1.54) is 0 Å². The van der Waals surface area contributed by atoms with Crippen LogP contribution < -0.4 is 0 Å². The molecule has 5 rings (SSSR count). The minimum atomic E-state index is 0.0273. The van der Waals surface area contributed by atoms with Crippen molar-refractivity contribution in [1.29, 1.82) is 0 Å². The number of carbonyl (C=O) groups is 1. The van der Waals surface area contributed by atoms with Gasteiger partial charge < -0.3 is 14.8 Å². The Hall–Kier alpha value is -2.66. The summed E-state index contributed by atoms with van der Waals surface area (Å²) in [5.41, 5.74) is 4.02. The van der Waals surface area contributed by atoms with Gasteiger partial charge in [-0.1, -0.05) is 36.4 Å². The monoisotopic (exact) mass is 346 g/mol. The highest BCUT2D eigenvalue weighted by molar-refractivity contribution is 5.95. The third-order valence-electron chi connectivity index (χ3n) is 5.75. The maximum atomic E-state index is 12.9. The van der Waals surface area contributed by atoms with Crippen molar-refractivity contribution < 1.29 is 4.79 Å². The van der Waals surface area contributed by atoms with Gasteiger partial charge in [0, 0.05) is 26.2 Å². The van der Waals surface area contributed by atoms with Gasteiger partial charge in [-0.15, -0.1) is 0 Å². The van der Waals surface area contributed by atoms with Crippen molar-refractivity contribution in [2.45, 2.75) is 0 Å². The van der Waals surface area contributed by atoms with Crippen LogP contribution in [0, 0.1) is 11.8 Å². The van der Waals surface area contributed by atoms with Gasteiger partial charge in [0.2, 0.25) is 0 Å². The molecule has 1 aromatic heterocycles. The third-order valence-corrected chi connectivity index (χ3v) is 5.75. The molecular formula is C21H22N4O. The largest absolute Gasteiger partial charge is 0.335 e. The average Bonchev–Trinajstić information content (AvgIpc) is 3.33. The summed E-state index contributed by atoms with van der Waals surface area (Å²) < 4.78 is 0. The number of aromatic amines is 1. The Bertz CT molecular complexity index is 951. The summed E-state index contributed by atoms with van der Waals surface area (Å²) in [6.45, 7) is 3.88. The molecule has 1 N–H and O–H groups in total.